The monoisotopic (exact) mass is 692 g/mol. The van der Waals surface area contributed by atoms with E-state index in [1.165, 1.54) is 0 Å². The van der Waals surface area contributed by atoms with Gasteiger partial charge in [0, 0.05) is 26.2 Å². The third-order valence-corrected chi connectivity index (χ3v) is 9.13. The van der Waals surface area contributed by atoms with Gasteiger partial charge >= 0.3 is 0 Å². The summed E-state index contributed by atoms with van der Waals surface area (Å²) in [6.45, 7) is 2.25. The number of hydrogen-bond acceptors (Lipinski definition) is 6. The summed E-state index contributed by atoms with van der Waals surface area (Å²) < 4.78 is 12.0. The number of benzene rings is 6. The van der Waals surface area contributed by atoms with E-state index in [9.17, 15) is 10.2 Å². The molecule has 0 heterocycles. The smallest absolute Gasteiger partial charge is 0.119 e. The second-order valence-corrected chi connectivity index (χ2v) is 13.0. The predicted molar refractivity (Wildman–Crippen MR) is 208 cm³/mol. The summed E-state index contributed by atoms with van der Waals surface area (Å²) >= 11 is 0. The van der Waals surface area contributed by atoms with Crippen LogP contribution in [-0.2, 0) is 0 Å². The lowest BCUT2D eigenvalue weighted by molar-refractivity contribution is 0.0353. The maximum Gasteiger partial charge on any atom is 0.119 e. The first-order valence-corrected chi connectivity index (χ1v) is 18.0. The molecule has 6 heteroatoms. The fourth-order valence-electron chi connectivity index (χ4n) is 6.74. The third kappa shape index (κ3) is 10.6. The Morgan fingerprint density at radius 1 is 0.365 bits per heavy atom. The van der Waals surface area contributed by atoms with Crippen LogP contribution in [0.1, 0.15) is 34.3 Å². The molecule has 6 rings (SSSR count). The quantitative estimate of drug-likeness (QED) is 0.0896. The summed E-state index contributed by atoms with van der Waals surface area (Å²) in [7, 11) is 0. The number of ether oxygens (including phenoxy) is 2. The minimum Gasteiger partial charge on any atom is -0.491 e. The van der Waals surface area contributed by atoms with Crippen LogP contribution < -0.4 is 9.47 Å². The molecular formula is C46H48N2O4. The largest absolute Gasteiger partial charge is 0.491 e. The molecule has 0 radical (unpaired) electrons. The zero-order chi connectivity index (χ0) is 35.8. The van der Waals surface area contributed by atoms with E-state index >= 15 is 0 Å². The van der Waals surface area contributed by atoms with Crippen molar-refractivity contribution in [2.24, 2.45) is 0 Å². The molecule has 0 aliphatic heterocycles. The molecule has 0 unspecified atom stereocenters. The summed E-state index contributed by atoms with van der Waals surface area (Å²) in [4.78, 5) is 4.69. The van der Waals surface area contributed by atoms with E-state index in [1.807, 2.05) is 84.9 Å². The summed E-state index contributed by atoms with van der Waals surface area (Å²) in [5.74, 6) is 1.45. The molecule has 0 saturated heterocycles. The van der Waals surface area contributed by atoms with Crippen LogP contribution in [0.3, 0.4) is 0 Å². The molecule has 0 saturated carbocycles. The van der Waals surface area contributed by atoms with Crippen LogP contribution in [0.15, 0.2) is 182 Å². The molecule has 6 nitrogen and oxygen atoms in total. The van der Waals surface area contributed by atoms with Crippen LogP contribution in [-0.4, -0.2) is 71.6 Å². The van der Waals surface area contributed by atoms with E-state index in [-0.39, 0.29) is 25.3 Å². The molecule has 52 heavy (non-hydrogen) atoms. The molecule has 0 bridgehead atoms. The third-order valence-electron chi connectivity index (χ3n) is 9.13. The topological polar surface area (TPSA) is 65.4 Å². The lowest BCUT2D eigenvalue weighted by atomic mass is 9.95. The van der Waals surface area contributed by atoms with E-state index in [0.29, 0.717) is 26.2 Å². The van der Waals surface area contributed by atoms with E-state index < -0.39 is 12.2 Å². The van der Waals surface area contributed by atoms with Crippen molar-refractivity contribution in [3.8, 4) is 11.5 Å². The van der Waals surface area contributed by atoms with Crippen molar-refractivity contribution >= 4 is 0 Å². The minimum absolute atomic E-state index is 0.131. The van der Waals surface area contributed by atoms with Crippen LogP contribution >= 0.6 is 0 Å². The molecule has 0 fully saturated rings. The van der Waals surface area contributed by atoms with Gasteiger partial charge in [0.25, 0.3) is 0 Å². The lowest BCUT2D eigenvalue weighted by Gasteiger charge is -2.38. The summed E-state index contributed by atoms with van der Waals surface area (Å²) in [6, 6.07) is 60.8. The first-order valence-electron chi connectivity index (χ1n) is 18.0. The van der Waals surface area contributed by atoms with Gasteiger partial charge in [0.05, 0.1) is 12.1 Å². The molecule has 0 aliphatic rings. The Balaban J connectivity index is 1.32. The summed E-state index contributed by atoms with van der Waals surface area (Å²) in [5.41, 5.74) is 4.54. The minimum atomic E-state index is -0.757. The van der Waals surface area contributed by atoms with Gasteiger partial charge in [-0.1, -0.05) is 158 Å². The zero-order valence-electron chi connectivity index (χ0n) is 29.5. The average Bonchev–Trinajstić information content (AvgIpc) is 3.21. The number of nitrogens with zero attached hydrogens (tertiary/aromatic N) is 2. The van der Waals surface area contributed by atoms with Gasteiger partial charge in [0.15, 0.2) is 0 Å². The van der Waals surface area contributed by atoms with Crippen molar-refractivity contribution in [1.82, 2.24) is 9.80 Å². The first kappa shape index (κ1) is 36.5. The van der Waals surface area contributed by atoms with E-state index in [2.05, 4.69) is 107 Å². The highest BCUT2D eigenvalue weighted by atomic mass is 16.5. The standard InChI is InChI=1S/C46H48N2O4/c49-41(35-51-43-27-15-5-16-28-43)33-47(45(37-19-7-1-8-20-37)38-21-9-2-10-22-38)31-32-48(34-42(50)36-52-44-29-17-6-18-30-44)46(39-23-11-3-12-24-39)40-25-13-4-14-26-40/h1-30,41-42,45-46,49-50H,31-36H2/t41-,42-/m0/s1. The van der Waals surface area contributed by atoms with Crippen molar-refractivity contribution in [2.45, 2.75) is 24.3 Å². The second kappa shape index (κ2) is 19.4. The van der Waals surface area contributed by atoms with Gasteiger partial charge in [-0.3, -0.25) is 9.80 Å². The fourth-order valence-corrected chi connectivity index (χ4v) is 6.74. The molecule has 6 aromatic carbocycles. The highest BCUT2D eigenvalue weighted by Crippen LogP contribution is 2.32. The van der Waals surface area contributed by atoms with Crippen molar-refractivity contribution < 1.29 is 19.7 Å². The first-order chi connectivity index (χ1) is 25.6. The highest BCUT2D eigenvalue weighted by Gasteiger charge is 2.29. The SMILES string of the molecule is O[C@H](COc1ccccc1)CN(CCN(C[C@H](O)COc1ccccc1)C(c1ccccc1)c1ccccc1)C(c1ccccc1)c1ccccc1. The Hall–Kier alpha value is -5.24. The molecular weight excluding hydrogens is 645 g/mol. The number of aliphatic hydroxyl groups excluding tert-OH is 2. The van der Waals surface area contributed by atoms with Gasteiger partial charge in [-0.05, 0) is 46.5 Å². The van der Waals surface area contributed by atoms with Gasteiger partial charge in [0.1, 0.15) is 36.9 Å². The summed E-state index contributed by atoms with van der Waals surface area (Å²) in [5, 5.41) is 23.1. The van der Waals surface area contributed by atoms with E-state index in [4.69, 9.17) is 9.47 Å². The van der Waals surface area contributed by atoms with Crippen molar-refractivity contribution in [2.75, 3.05) is 39.4 Å². The van der Waals surface area contributed by atoms with Crippen LogP contribution in [0.25, 0.3) is 0 Å². The predicted octanol–water partition coefficient (Wildman–Crippen LogP) is 8.05. The number of aliphatic hydroxyl groups is 2. The van der Waals surface area contributed by atoms with Gasteiger partial charge < -0.3 is 19.7 Å². The van der Waals surface area contributed by atoms with Gasteiger partial charge in [-0.25, -0.2) is 0 Å². The summed E-state index contributed by atoms with van der Waals surface area (Å²) in [6.07, 6.45) is -1.51. The number of hydrogen-bond donors (Lipinski definition) is 2. The van der Waals surface area contributed by atoms with Crippen molar-refractivity contribution in [1.29, 1.82) is 0 Å². The van der Waals surface area contributed by atoms with Gasteiger partial charge in [-0.15, -0.1) is 0 Å². The number of rotatable bonds is 19. The van der Waals surface area contributed by atoms with Crippen LogP contribution in [0.2, 0.25) is 0 Å². The highest BCUT2D eigenvalue weighted by molar-refractivity contribution is 5.34. The second-order valence-electron chi connectivity index (χ2n) is 13.0. The van der Waals surface area contributed by atoms with Crippen LogP contribution in [0, 0.1) is 0 Å². The fraction of sp³-hybridized carbons (Fsp3) is 0.217. The van der Waals surface area contributed by atoms with Crippen molar-refractivity contribution in [3.05, 3.63) is 204 Å². The molecule has 0 aliphatic carbocycles. The Kier molecular flexibility index (Phi) is 13.6. The van der Waals surface area contributed by atoms with Crippen molar-refractivity contribution in [3.63, 3.8) is 0 Å². The zero-order valence-corrected chi connectivity index (χ0v) is 29.5. The molecule has 2 N–H and O–H groups in total. The molecule has 266 valence electrons. The average molecular weight is 693 g/mol. The Bertz CT molecular complexity index is 1610. The van der Waals surface area contributed by atoms with E-state index in [1.54, 1.807) is 0 Å². The van der Waals surface area contributed by atoms with E-state index in [0.717, 1.165) is 33.8 Å². The van der Waals surface area contributed by atoms with Crippen LogP contribution in [0.4, 0.5) is 0 Å². The molecule has 6 aromatic rings. The Labute approximate surface area is 308 Å². The Morgan fingerprint density at radius 3 is 0.885 bits per heavy atom. The lowest BCUT2D eigenvalue weighted by Crippen LogP contribution is -2.46. The van der Waals surface area contributed by atoms with Gasteiger partial charge in [0.2, 0.25) is 0 Å². The van der Waals surface area contributed by atoms with Gasteiger partial charge in [-0.2, -0.15) is 0 Å². The molecule has 2 atom stereocenters. The molecule has 0 aromatic heterocycles. The maximum absolute atomic E-state index is 11.5. The maximum atomic E-state index is 11.5. The number of para-hydroxylation sites is 2. The molecule has 0 amide bonds. The normalized spacial score (nSPS) is 12.7. The molecule has 0 spiro atoms. The Morgan fingerprint density at radius 2 is 0.615 bits per heavy atom. The van der Waals surface area contributed by atoms with Crippen LogP contribution in [0.5, 0.6) is 11.5 Å².